The minimum Gasteiger partial charge on any atom is -0.504 e. The van der Waals surface area contributed by atoms with Crippen LogP contribution in [0.2, 0.25) is 0 Å². The average Bonchev–Trinajstić information content (AvgIpc) is 1.50. The van der Waals surface area contributed by atoms with Crippen LogP contribution in [-0.2, 0) is 58.2 Å². The Morgan fingerprint density at radius 3 is 1.34 bits per heavy atom. The highest BCUT2D eigenvalue weighted by Crippen LogP contribution is 2.50. The zero-order valence-electron chi connectivity index (χ0n) is 55.5. The number of fused-ring (bicyclic) bond motifs is 15. The SMILES string of the molecule is [2H][C@@]12C[C@H](/C(=C\C)C(=O)CO)[C@H](CC)CN1CCc1c2[nH]c2cc(C)cc(CO)c12.[2H][C@@]12C[C@H](/C(=C\C)C(=O)CO)[C@H](CC)CN1CCc1c2[nH]c2cc(I)cc(CO)c12.[2H][C@@]12C[C@H](/C(=C\OC)C(=O)CO)[C@H](CC)CN1CCc1c2[nH]c2cc([N+]#[C-])cc(CO)c12. The van der Waals surface area contributed by atoms with Crippen LogP contribution in [0.1, 0.15) is 151 Å². The third kappa shape index (κ3) is 12.7. The maximum atomic E-state index is 12.5. The first-order valence-electron chi connectivity index (χ1n) is 33.2. The van der Waals surface area contributed by atoms with Crippen molar-refractivity contribution in [1.82, 2.24) is 29.7 Å². The first-order chi connectivity index (χ1) is 44.2. The van der Waals surface area contributed by atoms with Crippen LogP contribution in [0.5, 0.6) is 0 Å². The number of rotatable bonds is 16. The number of nitrogens with one attached hydrogen (secondary N) is 3. The first kappa shape index (κ1) is 62.0. The zero-order chi connectivity index (χ0) is 66.3. The van der Waals surface area contributed by atoms with Crippen molar-refractivity contribution in [3.63, 3.8) is 0 Å². The van der Waals surface area contributed by atoms with E-state index in [4.69, 9.17) is 11.3 Å². The number of Topliss-reactive ketones (excluding diaryl/α,β-unsaturated/α-hetero) is 3. The van der Waals surface area contributed by atoms with Gasteiger partial charge in [-0.1, -0.05) is 64.3 Å². The maximum absolute atomic E-state index is 12.5. The molecule has 0 aliphatic carbocycles. The lowest BCUT2D eigenvalue weighted by Crippen LogP contribution is -2.47. The molecule has 18 heteroatoms. The van der Waals surface area contributed by atoms with E-state index in [2.05, 4.69) is 90.0 Å². The average molecular weight is 1330 g/mol. The number of carbonyl (C=O) groups excluding carboxylic acids is 3. The third-order valence-corrected chi connectivity index (χ3v) is 20.9. The number of halogens is 1. The second-order valence-corrected chi connectivity index (χ2v) is 26.0. The Labute approximate surface area is 540 Å². The fraction of sp³-hybridized carbons (Fsp3) is 0.521. The summed E-state index contributed by atoms with van der Waals surface area (Å²) in [6.45, 7) is 22.1. The second kappa shape index (κ2) is 28.8. The van der Waals surface area contributed by atoms with Gasteiger partial charge in [-0.2, -0.15) is 0 Å². The number of H-pyrrole nitrogens is 3. The highest BCUT2D eigenvalue weighted by molar-refractivity contribution is 14.1. The van der Waals surface area contributed by atoms with E-state index in [1.807, 2.05) is 45.1 Å². The van der Waals surface area contributed by atoms with Crippen LogP contribution in [0.25, 0.3) is 37.6 Å². The Kier molecular flexibility index (Phi) is 20.0. The number of benzene rings is 3. The lowest BCUT2D eigenvalue weighted by molar-refractivity contribution is -0.120. The van der Waals surface area contributed by atoms with E-state index in [9.17, 15) is 49.1 Å². The van der Waals surface area contributed by atoms with Gasteiger partial charge in [-0.05, 0) is 192 Å². The van der Waals surface area contributed by atoms with Crippen molar-refractivity contribution in [2.45, 2.75) is 137 Å². The molecule has 9 atom stereocenters. The molecule has 89 heavy (non-hydrogen) atoms. The quantitative estimate of drug-likeness (QED) is 0.0190. The molecule has 17 nitrogen and oxygen atoms in total. The summed E-state index contributed by atoms with van der Waals surface area (Å²) < 4.78 is 34.9. The van der Waals surface area contributed by atoms with Gasteiger partial charge < -0.3 is 50.3 Å². The number of methoxy groups -OCH3 is 1. The summed E-state index contributed by atoms with van der Waals surface area (Å²) in [6, 6.07) is 8.68. The summed E-state index contributed by atoms with van der Waals surface area (Å²) in [6.07, 6.45) is 11.6. The Bertz CT molecular complexity index is 3780. The molecule has 12 rings (SSSR count). The topological polar surface area (TPSA) is 243 Å². The number of allylic oxidation sites excluding steroid dienone is 2. The van der Waals surface area contributed by atoms with Gasteiger partial charge in [-0.25, -0.2) is 4.85 Å². The molecular weight excluding hydrogens is 1240 g/mol. The minimum absolute atomic E-state index is 0.0224. The molecule has 3 fully saturated rings. The van der Waals surface area contributed by atoms with Crippen molar-refractivity contribution in [1.29, 1.82) is 0 Å². The van der Waals surface area contributed by atoms with Crippen LogP contribution in [0.3, 0.4) is 0 Å². The number of aliphatic hydroxyl groups is 6. The standard InChI is InChI=1S/C24H29N3O4.C24H32N2O3.C23H29IN2O3/c1-4-14-10-27-6-5-17-23-15(11-28)7-16(25-2)8-20(23)26-24(17)21(27)9-18(14)19(13-31-3)22(30)12-29;1-4-15-11-26-7-6-18-23-16(12-27)8-14(3)9-20(23)25-24(18)21(26)10-19(15)17(5-2)22(29)13-28;1-3-13-10-26-6-5-17-22-14(11-27)7-15(24)8-19(22)25-23(17)20(26)9-18(13)16(4-2)21(29)12-28/h7-8,13-14,18,21,26,28-29H,4-6,9-12H2,1,3H3;5,8-9,15,19,21,25,27-28H,4,6-7,10-13H2,1-3H3;4,7-8,13,18,20,25,27-28H,3,5-6,9-12H2,1-2H3/b19-13+;17-5+;16-4+/t14-,18+,21+;15-,19+,21+;13-,18+,20+/m111/s1/i2*21D;20D. The third-order valence-electron chi connectivity index (χ3n) is 20.2. The van der Waals surface area contributed by atoms with E-state index in [0.29, 0.717) is 60.3 Å². The number of hydrogen-bond donors (Lipinski definition) is 9. The van der Waals surface area contributed by atoms with Gasteiger partial charge in [0.25, 0.3) is 0 Å². The normalized spacial score (nSPS) is 27.7. The van der Waals surface area contributed by atoms with Crippen LogP contribution in [0, 0.1) is 52.6 Å². The number of ketones is 3. The Morgan fingerprint density at radius 1 is 0.596 bits per heavy atom. The maximum Gasteiger partial charge on any atom is 0.189 e. The van der Waals surface area contributed by atoms with Gasteiger partial charge in [0.1, 0.15) is 19.8 Å². The number of aryl methyl sites for hydroxylation is 1. The van der Waals surface area contributed by atoms with Crippen molar-refractivity contribution in [3.8, 4) is 0 Å². The van der Waals surface area contributed by atoms with Crippen molar-refractivity contribution in [2.24, 2.45) is 35.5 Å². The van der Waals surface area contributed by atoms with Crippen molar-refractivity contribution >= 4 is 78.3 Å². The molecule has 0 radical (unpaired) electrons. The van der Waals surface area contributed by atoms with Crippen LogP contribution in [-0.4, -0.2) is 144 Å². The number of hydrogen-bond acceptors (Lipinski definition) is 13. The number of ether oxygens (including phenoxy) is 1. The molecule has 3 aromatic carbocycles. The fourth-order valence-corrected chi connectivity index (χ4v) is 16.7. The van der Waals surface area contributed by atoms with Gasteiger partial charge >= 0.3 is 0 Å². The van der Waals surface area contributed by atoms with E-state index in [-0.39, 0.29) is 72.7 Å². The molecule has 0 unspecified atom stereocenters. The highest BCUT2D eigenvalue weighted by atomic mass is 127. The predicted molar refractivity (Wildman–Crippen MR) is 355 cm³/mol. The second-order valence-electron chi connectivity index (χ2n) is 24.8. The summed E-state index contributed by atoms with van der Waals surface area (Å²) >= 11 is 2.26. The lowest BCUT2D eigenvalue weighted by atomic mass is 9.73. The predicted octanol–water partition coefficient (Wildman–Crippen LogP) is 10.4. The smallest absolute Gasteiger partial charge is 0.189 e. The van der Waals surface area contributed by atoms with Crippen molar-refractivity contribution in [2.75, 3.05) is 66.2 Å². The molecule has 6 aliphatic heterocycles. The van der Waals surface area contributed by atoms with Crippen LogP contribution in [0.4, 0.5) is 5.69 Å². The zero-order valence-corrected chi connectivity index (χ0v) is 54.7. The number of piperidine rings is 3. The molecule has 3 aromatic heterocycles. The van der Waals surface area contributed by atoms with Crippen LogP contribution < -0.4 is 0 Å². The molecule has 9 heterocycles. The van der Waals surface area contributed by atoms with Crippen LogP contribution in [0.15, 0.2) is 71.5 Å². The van der Waals surface area contributed by atoms with Crippen molar-refractivity contribution < 1.29 is 53.9 Å². The van der Waals surface area contributed by atoms with E-state index in [1.54, 1.807) is 12.1 Å². The molecule has 0 bridgehead atoms. The number of aliphatic hydroxyl groups excluding tert-OH is 6. The van der Waals surface area contributed by atoms with E-state index in [0.717, 1.165) is 151 Å². The molecule has 0 spiro atoms. The van der Waals surface area contributed by atoms with Gasteiger partial charge in [0.2, 0.25) is 0 Å². The summed E-state index contributed by atoms with van der Waals surface area (Å²) in [7, 11) is 1.49. The van der Waals surface area contributed by atoms with Gasteiger partial charge in [-0.3, -0.25) is 29.1 Å². The summed E-state index contributed by atoms with van der Waals surface area (Å²) in [5.41, 5.74) is 14.3. The minimum atomic E-state index is -1.09. The molecule has 0 saturated carbocycles. The van der Waals surface area contributed by atoms with E-state index < -0.39 is 37.9 Å². The van der Waals surface area contributed by atoms with Gasteiger partial charge in [0.15, 0.2) is 23.0 Å². The van der Waals surface area contributed by atoms with Gasteiger partial charge in [-0.15, -0.1) is 0 Å². The molecule has 9 N–H and O–H groups in total. The Morgan fingerprint density at radius 2 is 0.966 bits per heavy atom. The number of carbonyl (C=O) groups is 3. The Balaban J connectivity index is 0.000000151. The molecule has 6 aliphatic rings. The Hall–Kier alpha value is -5.83. The monoisotopic (exact) mass is 1330 g/mol. The largest absolute Gasteiger partial charge is 0.504 e. The van der Waals surface area contributed by atoms with Gasteiger partial charge in [0, 0.05) is 98.2 Å². The summed E-state index contributed by atoms with van der Waals surface area (Å²) in [4.78, 5) is 58.1. The summed E-state index contributed by atoms with van der Waals surface area (Å²) in [5, 5.41) is 61.3. The van der Waals surface area contributed by atoms with E-state index >= 15 is 0 Å². The number of nitrogens with zero attached hydrogens (tertiary/aromatic N) is 4. The van der Waals surface area contributed by atoms with Gasteiger partial charge in [0.05, 0.1) is 61.9 Å². The molecule has 6 aromatic rings. The number of aromatic amines is 3. The lowest BCUT2D eigenvalue weighted by Gasteiger charge is -2.46. The number of aromatic nitrogens is 3. The van der Waals surface area contributed by atoms with E-state index in [1.165, 1.54) is 13.4 Å². The fourth-order valence-electron chi connectivity index (χ4n) is 16.0. The summed E-state index contributed by atoms with van der Waals surface area (Å²) in [5.74, 6) is -0.430. The molecule has 0 amide bonds. The van der Waals surface area contributed by atoms with Crippen molar-refractivity contribution in [3.05, 3.63) is 143 Å². The molecular formula is C71H90IN7O10. The van der Waals surface area contributed by atoms with Crippen LogP contribution >= 0.6 is 22.6 Å². The molecule has 476 valence electrons. The molecule has 3 saturated heterocycles. The highest BCUT2D eigenvalue weighted by Gasteiger charge is 2.45. The first-order valence-corrected chi connectivity index (χ1v) is 32.8.